The number of nitrogens with zero attached hydrogens (tertiary/aromatic N) is 2. The van der Waals surface area contributed by atoms with Crippen molar-refractivity contribution in [1.82, 2.24) is 14.9 Å². The van der Waals surface area contributed by atoms with Crippen LogP contribution < -0.4 is 0 Å². The highest BCUT2D eigenvalue weighted by Crippen LogP contribution is 2.30. The average molecular weight is 520 g/mol. The molecule has 0 fully saturated rings. The number of aryl methyl sites for hydroxylation is 1. The zero-order valence-electron chi connectivity index (χ0n) is 22.9. The Bertz CT molecular complexity index is 1520. The van der Waals surface area contributed by atoms with Crippen molar-refractivity contribution in [2.75, 3.05) is 6.54 Å². The molecule has 198 valence electrons. The number of aromatic amines is 1. The van der Waals surface area contributed by atoms with E-state index in [0.29, 0.717) is 24.0 Å². The van der Waals surface area contributed by atoms with Gasteiger partial charge in [0, 0.05) is 42.5 Å². The summed E-state index contributed by atoms with van der Waals surface area (Å²) < 4.78 is 0. The van der Waals surface area contributed by atoms with Gasteiger partial charge in [-0.15, -0.1) is 0 Å². The fourth-order valence-electron chi connectivity index (χ4n) is 5.03. The normalized spacial score (nSPS) is 13.2. The molecule has 0 unspecified atom stereocenters. The Hall–Kier alpha value is -4.32. The minimum Gasteiger partial charge on any atom is -0.345 e. The molecule has 0 bridgehead atoms. The van der Waals surface area contributed by atoms with E-state index in [1.54, 1.807) is 24.3 Å². The van der Waals surface area contributed by atoms with E-state index in [0.717, 1.165) is 45.9 Å². The number of H-pyrrole nitrogens is 1. The number of ketones is 1. The summed E-state index contributed by atoms with van der Waals surface area (Å²) in [5.74, 6) is 0.511. The molecule has 6 nitrogen and oxygen atoms in total. The fraction of sp³-hybridized carbons (Fsp3) is 0.273. The minimum atomic E-state index is -0.461. The lowest BCUT2D eigenvalue weighted by Crippen LogP contribution is -2.32. The van der Waals surface area contributed by atoms with Crippen LogP contribution in [0.1, 0.15) is 81.5 Å². The largest absolute Gasteiger partial charge is 0.345 e. The predicted molar refractivity (Wildman–Crippen MR) is 152 cm³/mol. The third-order valence-electron chi connectivity index (χ3n) is 7.20. The van der Waals surface area contributed by atoms with Crippen LogP contribution in [0.15, 0.2) is 72.8 Å². The number of hydrogen-bond donors (Lipinski definition) is 1. The highest BCUT2D eigenvalue weighted by Gasteiger charge is 2.35. The van der Waals surface area contributed by atoms with Gasteiger partial charge in [0.2, 0.25) is 0 Å². The van der Waals surface area contributed by atoms with Crippen molar-refractivity contribution < 1.29 is 14.4 Å². The van der Waals surface area contributed by atoms with E-state index in [2.05, 4.69) is 29.2 Å². The summed E-state index contributed by atoms with van der Waals surface area (Å²) >= 11 is 0. The predicted octanol–water partition coefficient (Wildman–Crippen LogP) is 6.30. The lowest BCUT2D eigenvalue weighted by molar-refractivity contribution is 0.0655. The van der Waals surface area contributed by atoms with E-state index in [1.165, 1.54) is 4.90 Å². The lowest BCUT2D eigenvalue weighted by Gasteiger charge is -2.19. The van der Waals surface area contributed by atoms with Crippen LogP contribution >= 0.6 is 0 Å². The zero-order chi connectivity index (χ0) is 27.7. The number of imide groups is 1. The number of rotatable bonds is 8. The highest BCUT2D eigenvalue weighted by atomic mass is 16.2. The number of aromatic nitrogens is 2. The number of carbonyl (C=O) groups excluding carboxylic acids is 3. The Balaban J connectivity index is 1.34. The summed E-state index contributed by atoms with van der Waals surface area (Å²) in [6.45, 7) is 8.15. The molecule has 0 spiro atoms. The molecule has 0 atom stereocenters. The summed E-state index contributed by atoms with van der Waals surface area (Å²) in [5, 5.41) is 0. The molecule has 3 aromatic carbocycles. The van der Waals surface area contributed by atoms with Crippen LogP contribution in [0.25, 0.3) is 11.1 Å². The molecular weight excluding hydrogens is 486 g/mol. The maximum atomic E-state index is 13.0. The molecule has 2 amide bonds. The second-order valence-electron chi connectivity index (χ2n) is 11.0. The number of amides is 2. The molecule has 6 heteroatoms. The average Bonchev–Trinajstić information content (AvgIpc) is 3.44. The monoisotopic (exact) mass is 519 g/mol. The van der Waals surface area contributed by atoms with E-state index in [-0.39, 0.29) is 24.1 Å². The third kappa shape index (κ3) is 5.19. The minimum absolute atomic E-state index is 0.120. The first-order chi connectivity index (χ1) is 18.7. The topological polar surface area (TPSA) is 83.1 Å². The summed E-state index contributed by atoms with van der Waals surface area (Å²) in [5.41, 5.74) is 6.08. The van der Waals surface area contributed by atoms with Gasteiger partial charge in [-0.05, 0) is 28.8 Å². The van der Waals surface area contributed by atoms with Crippen molar-refractivity contribution >= 4 is 17.6 Å². The Morgan fingerprint density at radius 1 is 0.846 bits per heavy atom. The quantitative estimate of drug-likeness (QED) is 0.219. The number of benzene rings is 3. The van der Waals surface area contributed by atoms with Crippen LogP contribution in [0.5, 0.6) is 0 Å². The van der Waals surface area contributed by atoms with Crippen LogP contribution in [0.3, 0.4) is 0 Å². The maximum absolute atomic E-state index is 13.0. The van der Waals surface area contributed by atoms with E-state index in [9.17, 15) is 14.4 Å². The number of hydrogen-bond acceptors (Lipinski definition) is 4. The first-order valence-electron chi connectivity index (χ1n) is 13.4. The molecular formula is C33H33N3O3. The van der Waals surface area contributed by atoms with Crippen molar-refractivity contribution in [3.63, 3.8) is 0 Å². The van der Waals surface area contributed by atoms with Crippen LogP contribution in [-0.4, -0.2) is 39.0 Å². The van der Waals surface area contributed by atoms with Gasteiger partial charge in [-0.3, -0.25) is 19.3 Å². The Morgan fingerprint density at radius 2 is 1.44 bits per heavy atom. The van der Waals surface area contributed by atoms with Crippen molar-refractivity contribution in [1.29, 1.82) is 0 Å². The highest BCUT2D eigenvalue weighted by molar-refractivity contribution is 6.21. The summed E-state index contributed by atoms with van der Waals surface area (Å²) in [4.78, 5) is 48.1. The number of fused-ring (bicyclic) bond motifs is 1. The molecule has 0 saturated heterocycles. The van der Waals surface area contributed by atoms with Gasteiger partial charge in [-0.25, -0.2) is 4.98 Å². The molecule has 1 aliphatic rings. The second-order valence-corrected chi connectivity index (χ2v) is 11.0. The molecule has 0 aliphatic carbocycles. The summed E-state index contributed by atoms with van der Waals surface area (Å²) in [6, 6.07) is 23.0. The SMILES string of the molecule is CCc1nc(CCN2C(=O)c3ccccc3C2=O)c(Cc2ccc(-c3ccccc3C(=O)C(C)(C)C)cc2)[nH]1. The molecule has 4 aromatic rings. The smallest absolute Gasteiger partial charge is 0.261 e. The van der Waals surface area contributed by atoms with Gasteiger partial charge < -0.3 is 4.98 Å². The molecule has 1 N–H and O–H groups in total. The fourth-order valence-corrected chi connectivity index (χ4v) is 5.03. The Morgan fingerprint density at radius 3 is 2.03 bits per heavy atom. The van der Waals surface area contributed by atoms with Crippen LogP contribution in [0, 0.1) is 5.41 Å². The number of nitrogens with one attached hydrogen (secondary N) is 1. The van der Waals surface area contributed by atoms with Crippen molar-refractivity contribution in [2.45, 2.75) is 47.0 Å². The van der Waals surface area contributed by atoms with Gasteiger partial charge in [-0.1, -0.05) is 88.4 Å². The molecule has 1 aromatic heterocycles. The second kappa shape index (κ2) is 10.4. The van der Waals surface area contributed by atoms with Gasteiger partial charge in [0.05, 0.1) is 16.8 Å². The molecule has 0 saturated carbocycles. The van der Waals surface area contributed by atoms with Crippen LogP contribution in [0.4, 0.5) is 0 Å². The van der Waals surface area contributed by atoms with Gasteiger partial charge in [0.1, 0.15) is 5.82 Å². The molecule has 1 aliphatic heterocycles. The molecule has 5 rings (SSSR count). The van der Waals surface area contributed by atoms with E-state index in [4.69, 9.17) is 4.98 Å². The van der Waals surface area contributed by atoms with Crippen molar-refractivity contribution in [3.05, 3.63) is 112 Å². The molecule has 0 radical (unpaired) electrons. The zero-order valence-corrected chi connectivity index (χ0v) is 22.9. The van der Waals surface area contributed by atoms with Gasteiger partial charge in [0.15, 0.2) is 5.78 Å². The summed E-state index contributed by atoms with van der Waals surface area (Å²) in [7, 11) is 0. The van der Waals surface area contributed by atoms with Crippen molar-refractivity contribution in [2.24, 2.45) is 5.41 Å². The van der Waals surface area contributed by atoms with Gasteiger partial charge >= 0.3 is 0 Å². The Labute approximate surface area is 229 Å². The van der Waals surface area contributed by atoms with E-state index < -0.39 is 5.41 Å². The third-order valence-corrected chi connectivity index (χ3v) is 7.20. The van der Waals surface area contributed by atoms with Crippen LogP contribution in [-0.2, 0) is 19.3 Å². The number of Topliss-reactive ketones (excluding diaryl/α,β-unsaturated/α-hetero) is 1. The standard InChI is InChI=1S/C33H33N3O3/c1-5-29-34-27(18-19-36-31(38)25-12-8-9-13-26(25)32(36)39)28(35-29)20-21-14-16-22(17-15-21)23-10-6-7-11-24(23)30(37)33(2,3)4/h6-17H,5,18-20H2,1-4H3,(H,34,35). The van der Waals surface area contributed by atoms with E-state index >= 15 is 0 Å². The Kier molecular flexibility index (Phi) is 7.04. The lowest BCUT2D eigenvalue weighted by atomic mass is 9.83. The van der Waals surface area contributed by atoms with Crippen LogP contribution in [0.2, 0.25) is 0 Å². The van der Waals surface area contributed by atoms with Crippen molar-refractivity contribution in [3.8, 4) is 11.1 Å². The molecule has 2 heterocycles. The summed E-state index contributed by atoms with van der Waals surface area (Å²) in [6.07, 6.45) is 1.89. The van der Waals surface area contributed by atoms with Gasteiger partial charge in [0.25, 0.3) is 11.8 Å². The number of carbonyl (C=O) groups is 3. The maximum Gasteiger partial charge on any atom is 0.261 e. The first kappa shape index (κ1) is 26.3. The number of imidazole rings is 1. The first-order valence-corrected chi connectivity index (χ1v) is 13.4. The van der Waals surface area contributed by atoms with Gasteiger partial charge in [-0.2, -0.15) is 0 Å². The van der Waals surface area contributed by atoms with E-state index in [1.807, 2.05) is 52.0 Å². The molecule has 39 heavy (non-hydrogen) atoms.